The van der Waals surface area contributed by atoms with E-state index in [2.05, 4.69) is 10.3 Å². The van der Waals surface area contributed by atoms with E-state index >= 15 is 0 Å². The molecule has 1 saturated heterocycles. The molecule has 0 aliphatic carbocycles. The van der Waals surface area contributed by atoms with Crippen molar-refractivity contribution in [3.05, 3.63) is 59.7 Å². The molecule has 7 heteroatoms. The number of nitrogens with zero attached hydrogens (tertiary/aromatic N) is 4. The summed E-state index contributed by atoms with van der Waals surface area (Å²) in [6.45, 7) is 1.17. The van der Waals surface area contributed by atoms with E-state index in [4.69, 9.17) is 0 Å². The van der Waals surface area contributed by atoms with Crippen LogP contribution in [0.25, 0.3) is 11.0 Å². The summed E-state index contributed by atoms with van der Waals surface area (Å²) in [6.07, 6.45) is 1.48. The average molecular weight is 342 g/mol. The van der Waals surface area contributed by atoms with Crippen LogP contribution < -0.4 is 0 Å². The van der Waals surface area contributed by atoms with Crippen molar-refractivity contribution in [2.24, 2.45) is 0 Å². The van der Waals surface area contributed by atoms with Crippen LogP contribution in [-0.2, 0) is 0 Å². The number of rotatable bonds is 2. The second-order valence-electron chi connectivity index (χ2n) is 6.20. The fraction of sp³-hybridized carbons (Fsp3) is 0.278. The number of amides is 1. The summed E-state index contributed by atoms with van der Waals surface area (Å²) < 4.78 is 28.1. The predicted octanol–water partition coefficient (Wildman–Crippen LogP) is 3.19. The van der Waals surface area contributed by atoms with Crippen molar-refractivity contribution in [3.63, 3.8) is 0 Å². The van der Waals surface area contributed by atoms with Gasteiger partial charge in [0.15, 0.2) is 0 Å². The Kier molecular flexibility index (Phi) is 3.91. The number of halogens is 2. The van der Waals surface area contributed by atoms with E-state index in [1.54, 1.807) is 11.0 Å². The molecule has 0 unspecified atom stereocenters. The van der Waals surface area contributed by atoms with E-state index < -0.39 is 0 Å². The first-order valence-electron chi connectivity index (χ1n) is 8.17. The molecule has 0 bridgehead atoms. The lowest BCUT2D eigenvalue weighted by molar-refractivity contribution is 0.0691. The van der Waals surface area contributed by atoms with Crippen LogP contribution in [-0.4, -0.2) is 38.9 Å². The molecule has 4 rings (SSSR count). The second-order valence-corrected chi connectivity index (χ2v) is 6.20. The standard InChI is InChI=1S/C18H16F2N4O/c19-13-3-1-12(2-4-13)18(25)23-9-7-15(8-10-23)24-17-6-5-14(20)11-16(17)21-22-24/h1-6,11,15H,7-10H2. The van der Waals surface area contributed by atoms with Crippen molar-refractivity contribution >= 4 is 16.9 Å². The lowest BCUT2D eigenvalue weighted by Crippen LogP contribution is -2.39. The van der Waals surface area contributed by atoms with Gasteiger partial charge in [-0.15, -0.1) is 5.10 Å². The maximum absolute atomic E-state index is 13.3. The zero-order chi connectivity index (χ0) is 17.4. The molecular formula is C18H16F2N4O. The highest BCUT2D eigenvalue weighted by Crippen LogP contribution is 2.26. The number of hydrogen-bond acceptors (Lipinski definition) is 3. The summed E-state index contributed by atoms with van der Waals surface area (Å²) in [4.78, 5) is 14.2. The lowest BCUT2D eigenvalue weighted by Gasteiger charge is -2.32. The minimum atomic E-state index is -0.357. The summed E-state index contributed by atoms with van der Waals surface area (Å²) in [5.41, 5.74) is 1.82. The highest BCUT2D eigenvalue weighted by Gasteiger charge is 2.26. The minimum absolute atomic E-state index is 0.0935. The highest BCUT2D eigenvalue weighted by molar-refractivity contribution is 5.94. The third-order valence-corrected chi connectivity index (χ3v) is 4.62. The minimum Gasteiger partial charge on any atom is -0.338 e. The van der Waals surface area contributed by atoms with Crippen molar-refractivity contribution in [1.82, 2.24) is 19.9 Å². The molecule has 0 atom stereocenters. The molecule has 1 fully saturated rings. The fourth-order valence-electron chi connectivity index (χ4n) is 3.27. The molecule has 5 nitrogen and oxygen atoms in total. The molecular weight excluding hydrogens is 326 g/mol. The number of fused-ring (bicyclic) bond motifs is 1. The van der Waals surface area contributed by atoms with Crippen molar-refractivity contribution in [3.8, 4) is 0 Å². The Hall–Kier alpha value is -2.83. The summed E-state index contributed by atoms with van der Waals surface area (Å²) >= 11 is 0. The van der Waals surface area contributed by atoms with Crippen LogP contribution in [0, 0.1) is 11.6 Å². The predicted molar refractivity (Wildman–Crippen MR) is 88.1 cm³/mol. The van der Waals surface area contributed by atoms with Gasteiger partial charge in [0.1, 0.15) is 17.2 Å². The number of carbonyl (C=O) groups is 1. The van der Waals surface area contributed by atoms with Gasteiger partial charge in [-0.2, -0.15) is 0 Å². The summed E-state index contributed by atoms with van der Waals surface area (Å²) in [5, 5.41) is 8.17. The number of likely N-dealkylation sites (tertiary alicyclic amines) is 1. The first-order valence-corrected chi connectivity index (χ1v) is 8.17. The Morgan fingerprint density at radius 3 is 2.40 bits per heavy atom. The molecule has 0 saturated carbocycles. The SMILES string of the molecule is O=C(c1ccc(F)cc1)N1CCC(n2nnc3cc(F)ccc32)CC1. The van der Waals surface area contributed by atoms with Gasteiger partial charge in [-0.3, -0.25) is 4.79 Å². The van der Waals surface area contributed by atoms with Gasteiger partial charge in [-0.05, 0) is 49.2 Å². The first-order chi connectivity index (χ1) is 12.1. The van der Waals surface area contributed by atoms with Crippen molar-refractivity contribution in [1.29, 1.82) is 0 Å². The number of carbonyl (C=O) groups excluding carboxylic acids is 1. The molecule has 1 aliphatic heterocycles. The van der Waals surface area contributed by atoms with Crippen molar-refractivity contribution in [2.75, 3.05) is 13.1 Å². The van der Waals surface area contributed by atoms with Gasteiger partial charge in [0.05, 0.1) is 11.6 Å². The maximum Gasteiger partial charge on any atom is 0.253 e. The van der Waals surface area contributed by atoms with Crippen LogP contribution >= 0.6 is 0 Å². The Morgan fingerprint density at radius 1 is 1.00 bits per heavy atom. The summed E-state index contributed by atoms with van der Waals surface area (Å²) in [6, 6.07) is 10.2. The van der Waals surface area contributed by atoms with Gasteiger partial charge < -0.3 is 4.90 Å². The van der Waals surface area contributed by atoms with E-state index in [-0.39, 0.29) is 23.6 Å². The summed E-state index contributed by atoms with van der Waals surface area (Å²) in [7, 11) is 0. The average Bonchev–Trinajstić information content (AvgIpc) is 3.05. The van der Waals surface area contributed by atoms with Gasteiger partial charge in [0, 0.05) is 24.7 Å². The molecule has 0 N–H and O–H groups in total. The van der Waals surface area contributed by atoms with Gasteiger partial charge in [0.25, 0.3) is 5.91 Å². The van der Waals surface area contributed by atoms with Gasteiger partial charge in [-0.1, -0.05) is 5.21 Å². The number of hydrogen-bond donors (Lipinski definition) is 0. The molecule has 1 amide bonds. The Morgan fingerprint density at radius 2 is 1.68 bits per heavy atom. The van der Waals surface area contributed by atoms with Gasteiger partial charge in [0.2, 0.25) is 0 Å². The number of aromatic nitrogens is 3. The third kappa shape index (κ3) is 2.97. The summed E-state index contributed by atoms with van der Waals surface area (Å²) in [5.74, 6) is -0.784. The zero-order valence-corrected chi connectivity index (χ0v) is 13.4. The van der Waals surface area contributed by atoms with Crippen LogP contribution in [0.4, 0.5) is 8.78 Å². The Labute approximate surface area is 142 Å². The van der Waals surface area contributed by atoms with E-state index in [1.165, 1.54) is 36.4 Å². The van der Waals surface area contributed by atoms with Crippen LogP contribution in [0.3, 0.4) is 0 Å². The largest absolute Gasteiger partial charge is 0.338 e. The smallest absolute Gasteiger partial charge is 0.253 e. The van der Waals surface area contributed by atoms with Crippen LogP contribution in [0.1, 0.15) is 29.2 Å². The molecule has 1 aromatic heterocycles. The molecule has 128 valence electrons. The molecule has 0 radical (unpaired) electrons. The van der Waals surface area contributed by atoms with Gasteiger partial charge in [-0.25, -0.2) is 13.5 Å². The monoisotopic (exact) mass is 342 g/mol. The van der Waals surface area contributed by atoms with E-state index in [9.17, 15) is 13.6 Å². The number of benzene rings is 2. The van der Waals surface area contributed by atoms with E-state index in [1.807, 2.05) is 4.68 Å². The Balaban J connectivity index is 1.47. The highest BCUT2D eigenvalue weighted by atomic mass is 19.1. The molecule has 3 aromatic rings. The molecule has 2 aromatic carbocycles. The van der Waals surface area contributed by atoms with Gasteiger partial charge >= 0.3 is 0 Å². The number of piperidine rings is 1. The molecule has 25 heavy (non-hydrogen) atoms. The zero-order valence-electron chi connectivity index (χ0n) is 13.4. The first kappa shape index (κ1) is 15.7. The Bertz CT molecular complexity index is 914. The second kappa shape index (κ2) is 6.23. The van der Waals surface area contributed by atoms with E-state index in [0.29, 0.717) is 24.2 Å². The molecule has 0 spiro atoms. The van der Waals surface area contributed by atoms with Crippen LogP contribution in [0.15, 0.2) is 42.5 Å². The van der Waals surface area contributed by atoms with Crippen molar-refractivity contribution < 1.29 is 13.6 Å². The fourth-order valence-corrected chi connectivity index (χ4v) is 3.27. The molecule has 1 aliphatic rings. The maximum atomic E-state index is 13.3. The van der Waals surface area contributed by atoms with Crippen molar-refractivity contribution in [2.45, 2.75) is 18.9 Å². The normalized spacial score (nSPS) is 15.7. The third-order valence-electron chi connectivity index (χ3n) is 4.62. The van der Waals surface area contributed by atoms with Crippen LogP contribution in [0.2, 0.25) is 0 Å². The van der Waals surface area contributed by atoms with E-state index in [0.717, 1.165) is 18.4 Å². The molecule has 2 heterocycles. The van der Waals surface area contributed by atoms with Crippen LogP contribution in [0.5, 0.6) is 0 Å². The topological polar surface area (TPSA) is 51.0 Å². The quantitative estimate of drug-likeness (QED) is 0.719. The lowest BCUT2D eigenvalue weighted by atomic mass is 10.0.